The molecular formula is C26H31NO3. The molecule has 30 heavy (non-hydrogen) atoms. The standard InChI is InChI=1S/C26H31NO3/c1-5-29-24-13-9-7-11-20(24)15-22-17-27(19(3)4)18-23(26(22)28)16-21-12-8-10-14-25(21)30-6-2/h7-16,19H,5-6,17-18H2,1-4H3/b22-15+,23-16+. The van der Waals surface area contributed by atoms with Crippen LogP contribution in [0.25, 0.3) is 12.2 Å². The van der Waals surface area contributed by atoms with Crippen LogP contribution < -0.4 is 9.47 Å². The molecule has 0 aromatic heterocycles. The molecule has 1 aliphatic heterocycles. The highest BCUT2D eigenvalue weighted by Crippen LogP contribution is 2.28. The number of piperidine rings is 1. The fraction of sp³-hybridized carbons (Fsp3) is 0.346. The summed E-state index contributed by atoms with van der Waals surface area (Å²) in [7, 11) is 0. The lowest BCUT2D eigenvalue weighted by Crippen LogP contribution is -2.41. The van der Waals surface area contributed by atoms with Gasteiger partial charge in [-0.3, -0.25) is 9.69 Å². The second-order valence-electron chi connectivity index (χ2n) is 7.61. The van der Waals surface area contributed by atoms with Gasteiger partial charge in [0.1, 0.15) is 11.5 Å². The van der Waals surface area contributed by atoms with Crippen molar-refractivity contribution in [2.75, 3.05) is 26.3 Å². The molecular weight excluding hydrogens is 374 g/mol. The summed E-state index contributed by atoms with van der Waals surface area (Å²) in [6.45, 7) is 10.7. The molecule has 2 aromatic carbocycles. The van der Waals surface area contributed by atoms with E-state index in [-0.39, 0.29) is 5.78 Å². The number of carbonyl (C=O) groups excluding carboxylic acids is 1. The van der Waals surface area contributed by atoms with Crippen molar-refractivity contribution in [2.24, 2.45) is 0 Å². The first-order valence-corrected chi connectivity index (χ1v) is 10.7. The number of rotatable bonds is 7. The second-order valence-corrected chi connectivity index (χ2v) is 7.61. The van der Waals surface area contributed by atoms with E-state index in [9.17, 15) is 4.79 Å². The molecule has 0 bridgehead atoms. The van der Waals surface area contributed by atoms with E-state index in [0.29, 0.717) is 32.3 Å². The van der Waals surface area contributed by atoms with Crippen molar-refractivity contribution < 1.29 is 14.3 Å². The minimum atomic E-state index is 0.0875. The van der Waals surface area contributed by atoms with E-state index in [1.165, 1.54) is 0 Å². The molecule has 0 atom stereocenters. The van der Waals surface area contributed by atoms with Crippen molar-refractivity contribution in [3.8, 4) is 11.5 Å². The third-order valence-electron chi connectivity index (χ3n) is 5.16. The van der Waals surface area contributed by atoms with E-state index < -0.39 is 0 Å². The van der Waals surface area contributed by atoms with Crippen molar-refractivity contribution in [2.45, 2.75) is 33.7 Å². The number of carbonyl (C=O) groups is 1. The maximum Gasteiger partial charge on any atom is 0.187 e. The number of benzene rings is 2. The molecule has 1 heterocycles. The summed E-state index contributed by atoms with van der Waals surface area (Å²) in [4.78, 5) is 15.7. The van der Waals surface area contributed by atoms with Gasteiger partial charge in [0.25, 0.3) is 0 Å². The normalized spacial score (nSPS) is 17.7. The van der Waals surface area contributed by atoms with Crippen LogP contribution in [0.5, 0.6) is 11.5 Å². The van der Waals surface area contributed by atoms with Crippen LogP contribution in [0, 0.1) is 0 Å². The van der Waals surface area contributed by atoms with Crippen LogP contribution in [0.2, 0.25) is 0 Å². The van der Waals surface area contributed by atoms with E-state index in [1.54, 1.807) is 0 Å². The molecule has 1 fully saturated rings. The third-order valence-corrected chi connectivity index (χ3v) is 5.16. The lowest BCUT2D eigenvalue weighted by molar-refractivity contribution is -0.113. The lowest BCUT2D eigenvalue weighted by atomic mass is 9.93. The maximum atomic E-state index is 13.4. The van der Waals surface area contributed by atoms with Gasteiger partial charge < -0.3 is 9.47 Å². The number of hydrogen-bond acceptors (Lipinski definition) is 4. The third kappa shape index (κ3) is 5.19. The molecule has 2 aromatic rings. The summed E-state index contributed by atoms with van der Waals surface area (Å²) < 4.78 is 11.5. The van der Waals surface area contributed by atoms with Crippen molar-refractivity contribution in [1.29, 1.82) is 0 Å². The van der Waals surface area contributed by atoms with E-state index in [0.717, 1.165) is 33.8 Å². The van der Waals surface area contributed by atoms with Gasteiger partial charge in [0, 0.05) is 41.4 Å². The molecule has 0 aliphatic carbocycles. The first-order chi connectivity index (χ1) is 14.5. The van der Waals surface area contributed by atoms with Crippen LogP contribution in [0.3, 0.4) is 0 Å². The van der Waals surface area contributed by atoms with Crippen molar-refractivity contribution >= 4 is 17.9 Å². The summed E-state index contributed by atoms with van der Waals surface area (Å²) in [6.07, 6.45) is 3.95. The van der Waals surface area contributed by atoms with Crippen LogP contribution in [0.15, 0.2) is 59.7 Å². The van der Waals surface area contributed by atoms with Crippen LogP contribution >= 0.6 is 0 Å². The molecule has 158 valence electrons. The molecule has 0 amide bonds. The first-order valence-electron chi connectivity index (χ1n) is 10.7. The fourth-order valence-corrected chi connectivity index (χ4v) is 3.58. The molecule has 0 N–H and O–H groups in total. The van der Waals surface area contributed by atoms with Crippen LogP contribution in [0.4, 0.5) is 0 Å². The zero-order valence-corrected chi connectivity index (χ0v) is 18.4. The topological polar surface area (TPSA) is 38.8 Å². The number of nitrogens with zero attached hydrogens (tertiary/aromatic N) is 1. The number of Topliss-reactive ketones (excluding diaryl/α,β-unsaturated/α-hetero) is 1. The molecule has 4 heteroatoms. The monoisotopic (exact) mass is 405 g/mol. The molecule has 1 saturated heterocycles. The van der Waals surface area contributed by atoms with Crippen LogP contribution in [0.1, 0.15) is 38.8 Å². The van der Waals surface area contributed by atoms with Gasteiger partial charge in [0.05, 0.1) is 13.2 Å². The van der Waals surface area contributed by atoms with E-state index >= 15 is 0 Å². The quantitative estimate of drug-likeness (QED) is 0.590. The van der Waals surface area contributed by atoms with E-state index in [2.05, 4.69) is 18.7 Å². The van der Waals surface area contributed by atoms with Gasteiger partial charge in [0.15, 0.2) is 5.78 Å². The van der Waals surface area contributed by atoms with Crippen LogP contribution in [-0.2, 0) is 4.79 Å². The van der Waals surface area contributed by atoms with Crippen molar-refractivity contribution in [3.05, 3.63) is 70.8 Å². The highest BCUT2D eigenvalue weighted by atomic mass is 16.5. The predicted molar refractivity (Wildman–Crippen MR) is 123 cm³/mol. The minimum Gasteiger partial charge on any atom is -0.493 e. The summed E-state index contributed by atoms with van der Waals surface area (Å²) in [5.41, 5.74) is 3.43. The highest BCUT2D eigenvalue weighted by molar-refractivity contribution is 6.14. The summed E-state index contributed by atoms with van der Waals surface area (Å²) in [6, 6.07) is 16.0. The maximum absolute atomic E-state index is 13.4. The smallest absolute Gasteiger partial charge is 0.187 e. The van der Waals surface area contributed by atoms with E-state index in [4.69, 9.17) is 9.47 Å². The van der Waals surface area contributed by atoms with Crippen LogP contribution in [-0.4, -0.2) is 43.0 Å². The molecule has 1 aliphatic rings. The molecule has 4 nitrogen and oxygen atoms in total. The number of likely N-dealkylation sites (tertiary alicyclic amines) is 1. The van der Waals surface area contributed by atoms with Gasteiger partial charge in [-0.25, -0.2) is 0 Å². The average Bonchev–Trinajstić information content (AvgIpc) is 2.73. The molecule has 0 spiro atoms. The predicted octanol–water partition coefficient (Wildman–Crippen LogP) is 5.24. The Bertz CT molecular complexity index is 871. The SMILES string of the molecule is CCOc1ccccc1/C=C1\CN(C(C)C)C/C(=C\c2ccccc2OCC)C1=O. The number of hydrogen-bond donors (Lipinski definition) is 0. The number of ketones is 1. The highest BCUT2D eigenvalue weighted by Gasteiger charge is 2.28. The summed E-state index contributed by atoms with van der Waals surface area (Å²) in [5, 5.41) is 0. The molecule has 0 saturated carbocycles. The van der Waals surface area contributed by atoms with Crippen molar-refractivity contribution in [3.63, 3.8) is 0 Å². The Hall–Kier alpha value is -2.85. The largest absolute Gasteiger partial charge is 0.493 e. The Balaban J connectivity index is 2.01. The number of ether oxygens (including phenoxy) is 2. The minimum absolute atomic E-state index is 0.0875. The zero-order chi connectivity index (χ0) is 21.5. The van der Waals surface area contributed by atoms with E-state index in [1.807, 2.05) is 74.5 Å². The lowest BCUT2D eigenvalue weighted by Gasteiger charge is -2.33. The Kier molecular flexibility index (Phi) is 7.47. The average molecular weight is 406 g/mol. The fourth-order valence-electron chi connectivity index (χ4n) is 3.58. The summed E-state index contributed by atoms with van der Waals surface area (Å²) >= 11 is 0. The molecule has 0 unspecified atom stereocenters. The van der Waals surface area contributed by atoms with Gasteiger partial charge >= 0.3 is 0 Å². The zero-order valence-electron chi connectivity index (χ0n) is 18.4. The molecule has 0 radical (unpaired) electrons. The Morgan fingerprint density at radius 3 is 1.67 bits per heavy atom. The van der Waals surface area contributed by atoms with Gasteiger partial charge in [-0.15, -0.1) is 0 Å². The van der Waals surface area contributed by atoms with Gasteiger partial charge in [-0.05, 0) is 52.0 Å². The second kappa shape index (κ2) is 10.3. The number of para-hydroxylation sites is 2. The first kappa shape index (κ1) is 21.8. The molecule has 3 rings (SSSR count). The summed E-state index contributed by atoms with van der Waals surface area (Å²) in [5.74, 6) is 1.69. The Morgan fingerprint density at radius 2 is 1.27 bits per heavy atom. The van der Waals surface area contributed by atoms with Gasteiger partial charge in [0.2, 0.25) is 0 Å². The van der Waals surface area contributed by atoms with Crippen molar-refractivity contribution in [1.82, 2.24) is 4.90 Å². The Labute approximate surface area is 179 Å². The van der Waals surface area contributed by atoms with Gasteiger partial charge in [-0.1, -0.05) is 36.4 Å². The van der Waals surface area contributed by atoms with Gasteiger partial charge in [-0.2, -0.15) is 0 Å². The Morgan fingerprint density at radius 1 is 0.833 bits per heavy atom.